The van der Waals surface area contributed by atoms with E-state index < -0.39 is 12.0 Å². The number of nitrogens with one attached hydrogen (secondary N) is 1. The van der Waals surface area contributed by atoms with Crippen LogP contribution in [0.1, 0.15) is 89.5 Å². The molecule has 0 radical (unpaired) electrons. The molecule has 1 aromatic carbocycles. The van der Waals surface area contributed by atoms with Gasteiger partial charge in [-0.05, 0) is 63.5 Å². The summed E-state index contributed by atoms with van der Waals surface area (Å²) in [7, 11) is 0. The Morgan fingerprint density at radius 3 is 2.28 bits per heavy atom. The third kappa shape index (κ3) is 5.17. The number of aromatic nitrogens is 2. The maximum Gasteiger partial charge on any atom is 0.326 e. The van der Waals surface area contributed by atoms with Crippen molar-refractivity contribution in [3.63, 3.8) is 0 Å². The van der Waals surface area contributed by atoms with Crippen LogP contribution in [0.15, 0.2) is 29.1 Å². The maximum absolute atomic E-state index is 13.9. The van der Waals surface area contributed by atoms with Crippen molar-refractivity contribution >= 4 is 28.7 Å². The highest BCUT2D eigenvalue weighted by Gasteiger charge is 2.44. The quantitative estimate of drug-likeness (QED) is 0.572. The van der Waals surface area contributed by atoms with E-state index in [1.807, 2.05) is 28.8 Å². The lowest BCUT2D eigenvalue weighted by Crippen LogP contribution is -2.50. The molecule has 2 N–H and O–H groups in total. The molecule has 6 rings (SSSR count). The summed E-state index contributed by atoms with van der Waals surface area (Å²) >= 11 is 0. The molecule has 1 aromatic heterocycles. The molecular formula is C30H41N5O4. The molecule has 3 saturated heterocycles. The van der Waals surface area contributed by atoms with Gasteiger partial charge < -0.3 is 19.9 Å². The summed E-state index contributed by atoms with van der Waals surface area (Å²) in [6, 6.07) is 8.77. The van der Waals surface area contributed by atoms with Gasteiger partial charge in [-0.3, -0.25) is 14.5 Å². The van der Waals surface area contributed by atoms with E-state index in [-0.39, 0.29) is 29.9 Å². The summed E-state index contributed by atoms with van der Waals surface area (Å²) in [5.41, 5.74) is 1.38. The highest BCUT2D eigenvalue weighted by atomic mass is 16.4. The van der Waals surface area contributed by atoms with Crippen molar-refractivity contribution in [2.75, 3.05) is 18.4 Å². The first-order valence-corrected chi connectivity index (χ1v) is 15.1. The minimum absolute atomic E-state index is 0.0962. The molecule has 1 saturated carbocycles. The molecule has 3 aliphatic heterocycles. The topological polar surface area (TPSA) is 108 Å². The first-order valence-electron chi connectivity index (χ1n) is 15.1. The largest absolute Gasteiger partial charge is 0.480 e. The standard InChI is InChI=1S/C30H41N5O4/c36-27(33-16-8-13-26(33)30(38)39)19-31-28-29(37)35(25-12-7-6-11-24(25)32-28)23-17-21-14-15-22(18-23)34(21)20-9-4-2-1-3-5-10-20/h6-7,11-12,20-23,26H,1-5,8-10,13-19H2,(H,31,32)(H,38,39)/t21-,22?,23?,26?/m0/s1. The number of fused-ring (bicyclic) bond motifs is 3. The molecular weight excluding hydrogens is 494 g/mol. The molecule has 2 bridgehead atoms. The van der Waals surface area contributed by atoms with E-state index in [1.165, 1.54) is 62.7 Å². The van der Waals surface area contributed by atoms with Crippen molar-refractivity contribution < 1.29 is 14.7 Å². The number of hydrogen-bond acceptors (Lipinski definition) is 6. The van der Waals surface area contributed by atoms with Gasteiger partial charge in [-0.2, -0.15) is 0 Å². The Bertz CT molecular complexity index is 1260. The third-order valence-corrected chi connectivity index (χ3v) is 9.69. The van der Waals surface area contributed by atoms with Crippen LogP contribution in [0.3, 0.4) is 0 Å². The number of carbonyl (C=O) groups excluding carboxylic acids is 1. The zero-order chi connectivity index (χ0) is 26.9. The van der Waals surface area contributed by atoms with E-state index in [1.54, 1.807) is 0 Å². The normalized spacial score (nSPS) is 28.4. The second-order valence-electron chi connectivity index (χ2n) is 12.0. The molecule has 1 aliphatic carbocycles. The van der Waals surface area contributed by atoms with Gasteiger partial charge in [-0.15, -0.1) is 0 Å². The van der Waals surface area contributed by atoms with Crippen molar-refractivity contribution in [3.8, 4) is 0 Å². The number of hydrogen-bond donors (Lipinski definition) is 2. The van der Waals surface area contributed by atoms with Crippen molar-refractivity contribution in [3.05, 3.63) is 34.6 Å². The number of carboxylic acid groups (broad SMARTS) is 1. The number of amides is 1. The number of piperidine rings is 1. The van der Waals surface area contributed by atoms with E-state index in [0.29, 0.717) is 37.5 Å². The first-order chi connectivity index (χ1) is 19.0. The zero-order valence-electron chi connectivity index (χ0n) is 22.8. The molecule has 9 nitrogen and oxygen atoms in total. The van der Waals surface area contributed by atoms with Crippen LogP contribution < -0.4 is 10.9 Å². The molecule has 4 aliphatic rings. The Balaban J connectivity index is 1.24. The molecule has 9 heteroatoms. The number of carboxylic acids is 1. The van der Waals surface area contributed by atoms with Crippen LogP contribution >= 0.6 is 0 Å². The summed E-state index contributed by atoms with van der Waals surface area (Å²) in [5.74, 6) is -1.12. The van der Waals surface area contributed by atoms with Crippen LogP contribution in [0.25, 0.3) is 11.0 Å². The van der Waals surface area contributed by atoms with E-state index in [9.17, 15) is 19.5 Å². The molecule has 210 valence electrons. The van der Waals surface area contributed by atoms with Gasteiger partial charge >= 0.3 is 5.97 Å². The summed E-state index contributed by atoms with van der Waals surface area (Å²) in [5, 5.41) is 12.4. The Kier molecular flexibility index (Phi) is 7.60. The molecule has 2 aromatic rings. The van der Waals surface area contributed by atoms with Gasteiger partial charge in [0, 0.05) is 30.7 Å². The van der Waals surface area contributed by atoms with E-state index in [4.69, 9.17) is 0 Å². The monoisotopic (exact) mass is 535 g/mol. The smallest absolute Gasteiger partial charge is 0.326 e. The summed E-state index contributed by atoms with van der Waals surface area (Å²) in [6.07, 6.45) is 14.8. The summed E-state index contributed by atoms with van der Waals surface area (Å²) < 4.78 is 1.94. The number of benzene rings is 1. The lowest BCUT2D eigenvalue weighted by Gasteiger charge is -2.45. The fourth-order valence-electron chi connectivity index (χ4n) is 7.94. The Hall–Kier alpha value is -2.94. The van der Waals surface area contributed by atoms with Crippen LogP contribution in [-0.4, -0.2) is 73.6 Å². The van der Waals surface area contributed by atoms with Crippen molar-refractivity contribution in [1.82, 2.24) is 19.4 Å². The molecule has 39 heavy (non-hydrogen) atoms. The van der Waals surface area contributed by atoms with Gasteiger partial charge in [-0.25, -0.2) is 9.78 Å². The second-order valence-corrected chi connectivity index (χ2v) is 12.0. The maximum atomic E-state index is 13.9. The number of aliphatic carboxylic acids is 1. The van der Waals surface area contributed by atoms with E-state index >= 15 is 0 Å². The van der Waals surface area contributed by atoms with Gasteiger partial charge in [0.15, 0.2) is 5.82 Å². The van der Waals surface area contributed by atoms with Crippen LogP contribution in [0.4, 0.5) is 5.82 Å². The zero-order valence-corrected chi connectivity index (χ0v) is 22.8. The third-order valence-electron chi connectivity index (χ3n) is 9.69. The Labute approximate surface area is 229 Å². The first kappa shape index (κ1) is 26.3. The summed E-state index contributed by atoms with van der Waals surface area (Å²) in [6.45, 7) is 0.283. The number of likely N-dealkylation sites (tertiary alicyclic amines) is 1. The molecule has 0 spiro atoms. The molecule has 1 amide bonds. The van der Waals surface area contributed by atoms with Crippen LogP contribution in [-0.2, 0) is 9.59 Å². The minimum atomic E-state index is -0.979. The number of nitrogens with zero attached hydrogens (tertiary/aromatic N) is 4. The highest BCUT2D eigenvalue weighted by Crippen LogP contribution is 2.44. The number of anilines is 1. The molecule has 3 unspecified atom stereocenters. The average Bonchev–Trinajstić information content (AvgIpc) is 3.50. The predicted octanol–water partition coefficient (Wildman–Crippen LogP) is 4.16. The average molecular weight is 536 g/mol. The van der Waals surface area contributed by atoms with Gasteiger partial charge in [0.2, 0.25) is 5.91 Å². The van der Waals surface area contributed by atoms with Crippen molar-refractivity contribution in [2.45, 2.75) is 114 Å². The molecule has 4 heterocycles. The van der Waals surface area contributed by atoms with Gasteiger partial charge in [0.05, 0.1) is 17.6 Å². The van der Waals surface area contributed by atoms with Gasteiger partial charge in [-0.1, -0.05) is 44.2 Å². The Morgan fingerprint density at radius 2 is 1.56 bits per heavy atom. The number of rotatable bonds is 6. The number of para-hydroxylation sites is 2. The molecule has 4 atom stereocenters. The predicted molar refractivity (Wildman–Crippen MR) is 150 cm³/mol. The van der Waals surface area contributed by atoms with Crippen LogP contribution in [0.5, 0.6) is 0 Å². The van der Waals surface area contributed by atoms with Crippen molar-refractivity contribution in [1.29, 1.82) is 0 Å². The molecule has 4 fully saturated rings. The van der Waals surface area contributed by atoms with E-state index in [2.05, 4.69) is 15.2 Å². The fourth-order valence-corrected chi connectivity index (χ4v) is 7.94. The van der Waals surface area contributed by atoms with Crippen LogP contribution in [0, 0.1) is 0 Å². The minimum Gasteiger partial charge on any atom is -0.480 e. The summed E-state index contributed by atoms with van der Waals surface area (Å²) in [4.78, 5) is 47.2. The van der Waals surface area contributed by atoms with E-state index in [0.717, 1.165) is 23.9 Å². The fraction of sp³-hybridized carbons (Fsp3) is 0.667. The SMILES string of the molecule is O=C(O)C1CCCN1C(=O)CNc1nc2ccccc2n(C2CC3CC[C@@H](C2)N3C2CCCCCCC2)c1=O. The van der Waals surface area contributed by atoms with Crippen molar-refractivity contribution in [2.24, 2.45) is 0 Å². The Morgan fingerprint density at radius 1 is 0.872 bits per heavy atom. The van der Waals surface area contributed by atoms with Gasteiger partial charge in [0.1, 0.15) is 6.04 Å². The lowest BCUT2D eigenvalue weighted by molar-refractivity contribution is -0.147. The number of carbonyl (C=O) groups is 2. The highest BCUT2D eigenvalue weighted by molar-refractivity contribution is 5.87. The second kappa shape index (κ2) is 11.3. The lowest BCUT2D eigenvalue weighted by atomic mass is 9.89. The van der Waals surface area contributed by atoms with Gasteiger partial charge in [0.25, 0.3) is 5.56 Å². The van der Waals surface area contributed by atoms with Crippen LogP contribution in [0.2, 0.25) is 0 Å².